The van der Waals surface area contributed by atoms with Crippen molar-refractivity contribution in [1.29, 1.82) is 0 Å². The molecule has 1 aliphatic rings. The first kappa shape index (κ1) is 7.48. The van der Waals surface area contributed by atoms with Crippen molar-refractivity contribution < 1.29 is 8.42 Å². The molecule has 6 heteroatoms. The van der Waals surface area contributed by atoms with Gasteiger partial charge in [-0.05, 0) is 6.07 Å². The summed E-state index contributed by atoms with van der Waals surface area (Å²) in [7, 11) is -3.33. The highest BCUT2D eigenvalue weighted by atomic mass is 32.2. The summed E-state index contributed by atoms with van der Waals surface area (Å²) in [5, 5.41) is 3.87. The molecule has 1 aliphatic heterocycles. The Morgan fingerprint density at radius 3 is 3.17 bits per heavy atom. The summed E-state index contributed by atoms with van der Waals surface area (Å²) < 4.78 is 27.0. The first-order valence-corrected chi connectivity index (χ1v) is 5.05. The molecule has 0 spiro atoms. The molecule has 0 saturated carbocycles. The average molecular weight is 185 g/mol. The monoisotopic (exact) mass is 185 g/mol. The predicted octanol–water partition coefficient (Wildman–Crippen LogP) is -0.203. The average Bonchev–Trinajstić information content (AvgIpc) is 2.31. The van der Waals surface area contributed by atoms with E-state index in [1.807, 2.05) is 0 Å². The Morgan fingerprint density at radius 2 is 2.33 bits per heavy atom. The molecular formula is C6H7N3O2S. The molecule has 0 unspecified atom stereocenters. The van der Waals surface area contributed by atoms with Crippen molar-refractivity contribution in [1.82, 2.24) is 9.78 Å². The van der Waals surface area contributed by atoms with Crippen LogP contribution in [0, 0.1) is 0 Å². The third-order valence-corrected chi connectivity index (χ3v) is 2.67. The Kier molecular flexibility index (Phi) is 1.50. The molecule has 0 atom stereocenters. The zero-order chi connectivity index (χ0) is 8.60. The SMILES string of the molecule is O=S1(=O)Cn2nccc2CC=N1. The third-order valence-electron chi connectivity index (χ3n) is 1.63. The molecule has 0 aliphatic carbocycles. The van der Waals surface area contributed by atoms with Gasteiger partial charge in [0, 0.05) is 24.5 Å². The maximum atomic E-state index is 11.1. The van der Waals surface area contributed by atoms with E-state index >= 15 is 0 Å². The summed E-state index contributed by atoms with van der Waals surface area (Å²) in [6.07, 6.45) is 3.51. The number of rotatable bonds is 0. The van der Waals surface area contributed by atoms with Crippen molar-refractivity contribution in [3.8, 4) is 0 Å². The van der Waals surface area contributed by atoms with Gasteiger partial charge in [-0.25, -0.2) is 8.42 Å². The van der Waals surface area contributed by atoms with Crippen LogP contribution in [0.3, 0.4) is 0 Å². The highest BCUT2D eigenvalue weighted by molar-refractivity contribution is 7.89. The van der Waals surface area contributed by atoms with Crippen molar-refractivity contribution >= 4 is 16.2 Å². The van der Waals surface area contributed by atoms with Gasteiger partial charge < -0.3 is 0 Å². The van der Waals surface area contributed by atoms with Crippen LogP contribution in [0.25, 0.3) is 0 Å². The number of hydrogen-bond acceptors (Lipinski definition) is 3. The van der Waals surface area contributed by atoms with Gasteiger partial charge in [0.1, 0.15) is 0 Å². The fourth-order valence-electron chi connectivity index (χ4n) is 1.08. The van der Waals surface area contributed by atoms with E-state index in [-0.39, 0.29) is 5.88 Å². The smallest absolute Gasteiger partial charge is 0.252 e. The third kappa shape index (κ3) is 1.25. The lowest BCUT2D eigenvalue weighted by Gasteiger charge is -1.98. The molecule has 2 heterocycles. The van der Waals surface area contributed by atoms with Gasteiger partial charge in [0.2, 0.25) is 0 Å². The van der Waals surface area contributed by atoms with E-state index in [1.165, 1.54) is 10.9 Å². The summed E-state index contributed by atoms with van der Waals surface area (Å²) >= 11 is 0. The highest BCUT2D eigenvalue weighted by Gasteiger charge is 2.14. The first-order valence-electron chi connectivity index (χ1n) is 3.44. The zero-order valence-corrected chi connectivity index (χ0v) is 7.03. The van der Waals surface area contributed by atoms with E-state index < -0.39 is 10.0 Å². The maximum Gasteiger partial charge on any atom is 0.273 e. The molecule has 64 valence electrons. The predicted molar refractivity (Wildman–Crippen MR) is 43.3 cm³/mol. The van der Waals surface area contributed by atoms with E-state index in [4.69, 9.17) is 0 Å². The van der Waals surface area contributed by atoms with Crippen LogP contribution in [0.5, 0.6) is 0 Å². The molecule has 5 nitrogen and oxygen atoms in total. The molecule has 2 rings (SSSR count). The molecule has 0 fully saturated rings. The number of fused-ring (bicyclic) bond motifs is 1. The lowest BCUT2D eigenvalue weighted by atomic mass is 10.3. The summed E-state index contributed by atoms with van der Waals surface area (Å²) in [6.45, 7) is 0. The van der Waals surface area contributed by atoms with E-state index in [2.05, 4.69) is 9.50 Å². The molecule has 0 bridgehead atoms. The second-order valence-electron chi connectivity index (χ2n) is 2.53. The van der Waals surface area contributed by atoms with Crippen molar-refractivity contribution in [2.24, 2.45) is 4.40 Å². The Morgan fingerprint density at radius 1 is 1.50 bits per heavy atom. The van der Waals surface area contributed by atoms with Crippen LogP contribution in [-0.4, -0.2) is 24.4 Å². The molecule has 0 N–H and O–H groups in total. The molecule has 1 aromatic rings. The summed E-state index contributed by atoms with van der Waals surface area (Å²) in [5.74, 6) is -0.147. The normalized spacial score (nSPS) is 20.0. The number of aromatic nitrogens is 2. The Hall–Kier alpha value is -1.17. The van der Waals surface area contributed by atoms with E-state index in [0.717, 1.165) is 5.69 Å². The quantitative estimate of drug-likeness (QED) is 0.562. The fourth-order valence-corrected chi connectivity index (χ4v) is 1.99. The van der Waals surface area contributed by atoms with E-state index in [1.54, 1.807) is 12.3 Å². The van der Waals surface area contributed by atoms with Gasteiger partial charge in [0.15, 0.2) is 5.88 Å². The van der Waals surface area contributed by atoms with Crippen molar-refractivity contribution in [2.45, 2.75) is 12.3 Å². The molecule has 1 aromatic heterocycles. The van der Waals surface area contributed by atoms with Crippen LogP contribution in [0.4, 0.5) is 0 Å². The molecular weight excluding hydrogens is 178 g/mol. The number of nitrogens with zero attached hydrogens (tertiary/aromatic N) is 3. The number of sulfonamides is 1. The Bertz CT molecular complexity index is 418. The van der Waals surface area contributed by atoms with Crippen LogP contribution in [0.2, 0.25) is 0 Å². The lowest BCUT2D eigenvalue weighted by Crippen LogP contribution is -2.09. The van der Waals surface area contributed by atoms with Crippen LogP contribution in [-0.2, 0) is 22.3 Å². The first-order chi connectivity index (χ1) is 5.67. The van der Waals surface area contributed by atoms with Crippen molar-refractivity contribution in [2.75, 3.05) is 0 Å². The maximum absolute atomic E-state index is 11.1. The molecule has 0 amide bonds. The zero-order valence-electron chi connectivity index (χ0n) is 6.21. The fraction of sp³-hybridized carbons (Fsp3) is 0.333. The second-order valence-corrected chi connectivity index (χ2v) is 4.16. The molecule has 0 radical (unpaired) electrons. The number of hydrogen-bond donors (Lipinski definition) is 0. The van der Waals surface area contributed by atoms with Gasteiger partial charge in [-0.3, -0.25) is 4.68 Å². The lowest BCUT2D eigenvalue weighted by molar-refractivity contribution is 0.576. The highest BCUT2D eigenvalue weighted by Crippen LogP contribution is 2.07. The van der Waals surface area contributed by atoms with Gasteiger partial charge in [-0.1, -0.05) is 0 Å². The Labute approximate surface area is 69.8 Å². The summed E-state index contributed by atoms with van der Waals surface area (Å²) in [6, 6.07) is 1.78. The van der Waals surface area contributed by atoms with Crippen LogP contribution < -0.4 is 0 Å². The van der Waals surface area contributed by atoms with Crippen LogP contribution >= 0.6 is 0 Å². The molecule has 0 saturated heterocycles. The van der Waals surface area contributed by atoms with E-state index in [0.29, 0.717) is 6.42 Å². The molecule has 0 aromatic carbocycles. The van der Waals surface area contributed by atoms with Gasteiger partial charge in [-0.15, -0.1) is 0 Å². The van der Waals surface area contributed by atoms with Gasteiger partial charge >= 0.3 is 0 Å². The minimum absolute atomic E-state index is 0.147. The van der Waals surface area contributed by atoms with Crippen LogP contribution in [0.1, 0.15) is 5.69 Å². The minimum atomic E-state index is -3.33. The standard InChI is InChI=1S/C6H7N3O2S/c10-12(11)5-9-6(1-3-7-9)2-4-8-12/h1,3-4H,2,5H2. The van der Waals surface area contributed by atoms with Crippen molar-refractivity contribution in [3.05, 3.63) is 18.0 Å². The van der Waals surface area contributed by atoms with Gasteiger partial charge in [-0.2, -0.15) is 9.50 Å². The summed E-state index contributed by atoms with van der Waals surface area (Å²) in [4.78, 5) is 0. The van der Waals surface area contributed by atoms with E-state index in [9.17, 15) is 8.42 Å². The topological polar surface area (TPSA) is 64.3 Å². The second kappa shape index (κ2) is 2.41. The summed E-state index contributed by atoms with van der Waals surface area (Å²) in [5.41, 5.74) is 0.875. The molecule has 12 heavy (non-hydrogen) atoms. The van der Waals surface area contributed by atoms with Crippen LogP contribution in [0.15, 0.2) is 16.7 Å². The largest absolute Gasteiger partial charge is 0.273 e. The minimum Gasteiger partial charge on any atom is -0.252 e. The Balaban J connectivity index is 2.52. The van der Waals surface area contributed by atoms with Gasteiger partial charge in [0.25, 0.3) is 10.0 Å². The van der Waals surface area contributed by atoms with Crippen molar-refractivity contribution in [3.63, 3.8) is 0 Å². The van der Waals surface area contributed by atoms with Gasteiger partial charge in [0.05, 0.1) is 0 Å².